The third-order valence-electron chi connectivity index (χ3n) is 2.40. The van der Waals surface area contributed by atoms with Gasteiger partial charge in [0.15, 0.2) is 0 Å². The van der Waals surface area contributed by atoms with Crippen LogP contribution in [0.1, 0.15) is 19.5 Å². The van der Waals surface area contributed by atoms with Gasteiger partial charge in [0.25, 0.3) is 0 Å². The van der Waals surface area contributed by atoms with E-state index in [1.54, 1.807) is 6.07 Å². The Balaban J connectivity index is 2.73. The number of aromatic nitrogens is 2. The molecule has 2 aromatic rings. The lowest BCUT2D eigenvalue weighted by Crippen LogP contribution is -2.14. The summed E-state index contributed by atoms with van der Waals surface area (Å²) in [5.41, 5.74) is 1.16. The molecule has 1 N–H and O–H groups in total. The number of nitrogens with one attached hydrogen (secondary N) is 1. The number of para-hydroxylation sites is 1. The van der Waals surface area contributed by atoms with Gasteiger partial charge < -0.3 is 4.98 Å². The van der Waals surface area contributed by atoms with Crippen molar-refractivity contribution in [1.29, 1.82) is 0 Å². The fraction of sp³-hybridized carbons (Fsp3) is 0.333. The van der Waals surface area contributed by atoms with Gasteiger partial charge in [0.05, 0.1) is 10.5 Å². The summed E-state index contributed by atoms with van der Waals surface area (Å²) in [5.74, 6) is 0.472. The molecule has 1 aromatic heterocycles. The molecule has 0 aliphatic carbocycles. The predicted octanol–water partition coefficient (Wildman–Crippen LogP) is 2.78. The fourth-order valence-corrected chi connectivity index (χ4v) is 1.98. The number of fused-ring (bicyclic) bond motifs is 1. The van der Waals surface area contributed by atoms with Crippen LogP contribution in [0.2, 0.25) is 5.02 Å². The highest BCUT2D eigenvalue weighted by molar-refractivity contribution is 6.35. The standard InChI is InChI=1S/C12H13ClN2O/c1-7(2)6-10-8-4-3-5-9(13)11(8)15-12(16)14-10/h3-5,7H,6H2,1-2H3,(H,14,15,16). The molecule has 0 aliphatic heterocycles. The van der Waals surface area contributed by atoms with Gasteiger partial charge in [-0.05, 0) is 18.4 Å². The van der Waals surface area contributed by atoms with Gasteiger partial charge in [-0.25, -0.2) is 4.79 Å². The van der Waals surface area contributed by atoms with Gasteiger partial charge in [-0.1, -0.05) is 37.6 Å². The number of aromatic amines is 1. The molecule has 0 saturated carbocycles. The molecule has 0 radical (unpaired) electrons. The van der Waals surface area contributed by atoms with Crippen LogP contribution in [-0.2, 0) is 6.42 Å². The summed E-state index contributed by atoms with van der Waals surface area (Å²) >= 11 is 6.02. The highest BCUT2D eigenvalue weighted by Gasteiger charge is 2.08. The lowest BCUT2D eigenvalue weighted by Gasteiger charge is -2.08. The zero-order valence-electron chi connectivity index (χ0n) is 9.25. The molecule has 1 heterocycles. The van der Waals surface area contributed by atoms with Gasteiger partial charge in [0.2, 0.25) is 0 Å². The minimum absolute atomic E-state index is 0.337. The summed E-state index contributed by atoms with van der Waals surface area (Å²) in [6.45, 7) is 4.21. The minimum Gasteiger partial charge on any atom is -0.309 e. The van der Waals surface area contributed by atoms with E-state index in [0.717, 1.165) is 17.5 Å². The molecule has 3 nitrogen and oxygen atoms in total. The van der Waals surface area contributed by atoms with Gasteiger partial charge in [0.1, 0.15) is 0 Å². The number of nitrogens with zero attached hydrogens (tertiary/aromatic N) is 1. The first-order chi connectivity index (χ1) is 7.58. The lowest BCUT2D eigenvalue weighted by molar-refractivity contribution is 0.636. The second-order valence-electron chi connectivity index (χ2n) is 4.25. The topological polar surface area (TPSA) is 45.8 Å². The number of hydrogen-bond acceptors (Lipinski definition) is 2. The van der Waals surface area contributed by atoms with Gasteiger partial charge in [0, 0.05) is 11.1 Å². The Kier molecular flexibility index (Phi) is 2.97. The van der Waals surface area contributed by atoms with Crippen LogP contribution in [0, 0.1) is 5.92 Å². The van der Waals surface area contributed by atoms with Crippen molar-refractivity contribution < 1.29 is 0 Å². The van der Waals surface area contributed by atoms with E-state index in [1.807, 2.05) is 12.1 Å². The van der Waals surface area contributed by atoms with E-state index in [-0.39, 0.29) is 5.69 Å². The van der Waals surface area contributed by atoms with Gasteiger partial charge in [-0.2, -0.15) is 4.98 Å². The van der Waals surface area contributed by atoms with Gasteiger partial charge in [-0.3, -0.25) is 0 Å². The van der Waals surface area contributed by atoms with E-state index in [1.165, 1.54) is 0 Å². The first-order valence-electron chi connectivity index (χ1n) is 5.25. The first-order valence-corrected chi connectivity index (χ1v) is 5.63. The smallest absolute Gasteiger partial charge is 0.309 e. The zero-order valence-corrected chi connectivity index (χ0v) is 10.0. The molecule has 84 valence electrons. The number of halogens is 1. The second kappa shape index (κ2) is 4.26. The molecular weight excluding hydrogens is 224 g/mol. The van der Waals surface area contributed by atoms with E-state index in [2.05, 4.69) is 23.8 Å². The van der Waals surface area contributed by atoms with Crippen molar-refractivity contribution in [3.05, 3.63) is 39.4 Å². The quantitative estimate of drug-likeness (QED) is 0.872. The second-order valence-corrected chi connectivity index (χ2v) is 4.66. The lowest BCUT2D eigenvalue weighted by atomic mass is 10.0. The Bertz CT molecular complexity index is 575. The summed E-state index contributed by atoms with van der Waals surface area (Å²) < 4.78 is 0. The van der Waals surface area contributed by atoms with Crippen molar-refractivity contribution in [2.45, 2.75) is 20.3 Å². The maximum Gasteiger partial charge on any atom is 0.345 e. The SMILES string of the molecule is CC(C)Cc1[nH]c(=O)nc2c(Cl)cccc12. The average Bonchev–Trinajstić information content (AvgIpc) is 2.18. The van der Waals surface area contributed by atoms with E-state index >= 15 is 0 Å². The molecule has 0 saturated heterocycles. The van der Waals surface area contributed by atoms with Crippen LogP contribution < -0.4 is 5.69 Å². The van der Waals surface area contributed by atoms with Crippen molar-refractivity contribution in [3.63, 3.8) is 0 Å². The third-order valence-corrected chi connectivity index (χ3v) is 2.70. The summed E-state index contributed by atoms with van der Waals surface area (Å²) in [7, 11) is 0. The van der Waals surface area contributed by atoms with Crippen molar-refractivity contribution in [1.82, 2.24) is 9.97 Å². The monoisotopic (exact) mass is 236 g/mol. The molecule has 0 bridgehead atoms. The molecular formula is C12H13ClN2O. The fourth-order valence-electron chi connectivity index (χ4n) is 1.77. The van der Waals surface area contributed by atoms with Gasteiger partial charge >= 0.3 is 5.69 Å². The normalized spacial score (nSPS) is 11.2. The molecule has 0 atom stereocenters. The Morgan fingerprint density at radius 3 is 2.88 bits per heavy atom. The molecule has 0 unspecified atom stereocenters. The van der Waals surface area contributed by atoms with E-state index in [9.17, 15) is 4.79 Å². The molecule has 0 amide bonds. The summed E-state index contributed by atoms with van der Waals surface area (Å²) in [6, 6.07) is 5.55. The van der Waals surface area contributed by atoms with Crippen LogP contribution in [0.4, 0.5) is 0 Å². The third kappa shape index (κ3) is 2.09. The molecule has 16 heavy (non-hydrogen) atoms. The summed E-state index contributed by atoms with van der Waals surface area (Å²) in [6.07, 6.45) is 0.814. The van der Waals surface area contributed by atoms with Crippen LogP contribution in [0.15, 0.2) is 23.0 Å². The van der Waals surface area contributed by atoms with Crippen LogP contribution in [0.25, 0.3) is 10.9 Å². The maximum atomic E-state index is 11.4. The number of H-pyrrole nitrogens is 1. The number of benzene rings is 1. The van der Waals surface area contributed by atoms with Crippen LogP contribution >= 0.6 is 11.6 Å². The Hall–Kier alpha value is -1.35. The molecule has 0 fully saturated rings. The first kappa shape index (κ1) is 11.1. The minimum atomic E-state index is -0.337. The molecule has 0 spiro atoms. The van der Waals surface area contributed by atoms with Crippen molar-refractivity contribution in [2.24, 2.45) is 5.92 Å². The van der Waals surface area contributed by atoms with Crippen molar-refractivity contribution >= 4 is 22.5 Å². The van der Waals surface area contributed by atoms with E-state index in [0.29, 0.717) is 16.5 Å². The Morgan fingerprint density at radius 1 is 1.44 bits per heavy atom. The highest BCUT2D eigenvalue weighted by Crippen LogP contribution is 2.22. The Labute approximate surface area is 98.5 Å². The van der Waals surface area contributed by atoms with Gasteiger partial charge in [-0.15, -0.1) is 0 Å². The van der Waals surface area contributed by atoms with Crippen molar-refractivity contribution in [2.75, 3.05) is 0 Å². The number of rotatable bonds is 2. The van der Waals surface area contributed by atoms with Crippen LogP contribution in [0.5, 0.6) is 0 Å². The highest BCUT2D eigenvalue weighted by atomic mass is 35.5. The zero-order chi connectivity index (χ0) is 11.7. The average molecular weight is 237 g/mol. The number of hydrogen-bond donors (Lipinski definition) is 1. The Morgan fingerprint density at radius 2 is 2.19 bits per heavy atom. The summed E-state index contributed by atoms with van der Waals surface area (Å²) in [5, 5.41) is 1.45. The summed E-state index contributed by atoms with van der Waals surface area (Å²) in [4.78, 5) is 18.1. The molecule has 1 aromatic carbocycles. The van der Waals surface area contributed by atoms with Crippen molar-refractivity contribution in [3.8, 4) is 0 Å². The molecule has 0 aliphatic rings. The maximum absolute atomic E-state index is 11.4. The van der Waals surface area contributed by atoms with E-state index in [4.69, 9.17) is 11.6 Å². The van der Waals surface area contributed by atoms with Crippen LogP contribution in [-0.4, -0.2) is 9.97 Å². The van der Waals surface area contributed by atoms with E-state index < -0.39 is 0 Å². The predicted molar refractivity (Wildman–Crippen MR) is 65.9 cm³/mol. The largest absolute Gasteiger partial charge is 0.345 e. The molecule has 2 rings (SSSR count). The van der Waals surface area contributed by atoms with Crippen LogP contribution in [0.3, 0.4) is 0 Å². The molecule has 4 heteroatoms.